The Morgan fingerprint density at radius 3 is 2.71 bits per heavy atom. The second-order valence-corrected chi connectivity index (χ2v) is 3.88. The van der Waals surface area contributed by atoms with Gasteiger partial charge in [-0.05, 0) is 16.3 Å². The maximum atomic E-state index is 11.2. The Bertz CT molecular complexity index is 528. The van der Waals surface area contributed by atoms with Crippen LogP contribution in [0.25, 0.3) is 10.8 Å². The number of hydrogen-bond acceptors (Lipinski definition) is 3. The first-order valence-corrected chi connectivity index (χ1v) is 5.45. The molecule has 0 radical (unpaired) electrons. The Morgan fingerprint density at radius 1 is 1.24 bits per heavy atom. The third-order valence-corrected chi connectivity index (χ3v) is 2.77. The lowest BCUT2D eigenvalue weighted by Gasteiger charge is -2.10. The van der Waals surface area contributed by atoms with Gasteiger partial charge in [0.1, 0.15) is 0 Å². The van der Waals surface area contributed by atoms with E-state index >= 15 is 0 Å². The molecule has 0 aliphatic heterocycles. The zero-order chi connectivity index (χ0) is 12.3. The fourth-order valence-electron chi connectivity index (χ4n) is 1.90. The lowest BCUT2D eigenvalue weighted by Crippen LogP contribution is -2.24. The van der Waals surface area contributed by atoms with Gasteiger partial charge in [-0.15, -0.1) is 0 Å². The highest BCUT2D eigenvalue weighted by Crippen LogP contribution is 2.19. The quantitative estimate of drug-likeness (QED) is 0.819. The maximum absolute atomic E-state index is 11.2. The van der Waals surface area contributed by atoms with Crippen molar-refractivity contribution in [1.82, 2.24) is 0 Å². The summed E-state index contributed by atoms with van der Waals surface area (Å²) in [4.78, 5) is 11.2. The largest absolute Gasteiger partial charge is 0.467 e. The highest BCUT2D eigenvalue weighted by Gasteiger charge is 2.16. The third-order valence-electron chi connectivity index (χ3n) is 2.77. The first kappa shape index (κ1) is 11.6. The molecule has 0 aromatic heterocycles. The van der Waals surface area contributed by atoms with E-state index in [-0.39, 0.29) is 6.42 Å². The molecule has 1 N–H and O–H groups in total. The first-order chi connectivity index (χ1) is 8.22. The molecular weight excluding hydrogens is 216 g/mol. The molecule has 0 aliphatic carbocycles. The first-order valence-electron chi connectivity index (χ1n) is 5.45. The van der Waals surface area contributed by atoms with E-state index in [0.29, 0.717) is 0 Å². The maximum Gasteiger partial charge on any atom is 0.335 e. The topological polar surface area (TPSA) is 46.5 Å². The van der Waals surface area contributed by atoms with Crippen LogP contribution in [0, 0.1) is 0 Å². The van der Waals surface area contributed by atoms with E-state index < -0.39 is 12.1 Å². The van der Waals surface area contributed by atoms with E-state index in [0.717, 1.165) is 16.3 Å². The van der Waals surface area contributed by atoms with Gasteiger partial charge in [-0.2, -0.15) is 0 Å². The van der Waals surface area contributed by atoms with Gasteiger partial charge in [-0.1, -0.05) is 42.5 Å². The van der Waals surface area contributed by atoms with Gasteiger partial charge in [0, 0.05) is 6.42 Å². The van der Waals surface area contributed by atoms with E-state index in [1.807, 2.05) is 42.5 Å². The summed E-state index contributed by atoms with van der Waals surface area (Å²) < 4.78 is 4.51. The molecule has 0 aliphatic rings. The molecule has 0 saturated heterocycles. The Kier molecular flexibility index (Phi) is 3.40. The van der Waals surface area contributed by atoms with Crippen molar-refractivity contribution >= 4 is 16.7 Å². The Labute approximate surface area is 99.6 Å². The summed E-state index contributed by atoms with van der Waals surface area (Å²) in [6.07, 6.45) is -0.834. The number of rotatable bonds is 3. The van der Waals surface area contributed by atoms with E-state index in [9.17, 15) is 9.90 Å². The summed E-state index contributed by atoms with van der Waals surface area (Å²) in [7, 11) is 1.27. The molecule has 0 heterocycles. The summed E-state index contributed by atoms with van der Waals surface area (Å²) in [6.45, 7) is 0. The fraction of sp³-hybridized carbons (Fsp3) is 0.214. The van der Waals surface area contributed by atoms with Gasteiger partial charge in [0.2, 0.25) is 0 Å². The molecule has 1 atom stereocenters. The van der Waals surface area contributed by atoms with Crippen molar-refractivity contribution < 1.29 is 14.6 Å². The van der Waals surface area contributed by atoms with Crippen molar-refractivity contribution in [3.05, 3.63) is 48.0 Å². The molecule has 2 aromatic rings. The smallest absolute Gasteiger partial charge is 0.335 e. The molecular formula is C14H14O3. The molecule has 3 heteroatoms. The molecule has 0 spiro atoms. The molecule has 0 unspecified atom stereocenters. The minimum Gasteiger partial charge on any atom is -0.467 e. The lowest BCUT2D eigenvalue weighted by atomic mass is 10.00. The normalized spacial score (nSPS) is 12.4. The zero-order valence-corrected chi connectivity index (χ0v) is 9.59. The molecule has 0 amide bonds. The summed E-state index contributed by atoms with van der Waals surface area (Å²) in [5.41, 5.74) is 0.945. The van der Waals surface area contributed by atoms with Crippen LogP contribution in [0.4, 0.5) is 0 Å². The van der Waals surface area contributed by atoms with Gasteiger partial charge in [-0.25, -0.2) is 4.79 Å². The molecule has 0 bridgehead atoms. The van der Waals surface area contributed by atoms with Crippen LogP contribution < -0.4 is 0 Å². The molecule has 88 valence electrons. The van der Waals surface area contributed by atoms with E-state index in [4.69, 9.17) is 0 Å². The molecule has 0 fully saturated rings. The second kappa shape index (κ2) is 4.97. The van der Waals surface area contributed by atoms with Crippen LogP contribution in [0.1, 0.15) is 5.56 Å². The van der Waals surface area contributed by atoms with Crippen molar-refractivity contribution in [3.8, 4) is 0 Å². The number of carbonyl (C=O) groups is 1. The summed E-state index contributed by atoms with van der Waals surface area (Å²) in [5.74, 6) is -0.599. The van der Waals surface area contributed by atoms with Crippen LogP contribution in [0.5, 0.6) is 0 Å². The minimum atomic E-state index is -1.11. The van der Waals surface area contributed by atoms with Gasteiger partial charge in [0.25, 0.3) is 0 Å². The van der Waals surface area contributed by atoms with Gasteiger partial charge in [0.05, 0.1) is 7.11 Å². The average molecular weight is 230 g/mol. The van der Waals surface area contributed by atoms with Crippen LogP contribution in [-0.4, -0.2) is 24.3 Å². The molecule has 3 nitrogen and oxygen atoms in total. The minimum absolute atomic E-state index is 0.272. The molecule has 2 rings (SSSR count). The molecule has 17 heavy (non-hydrogen) atoms. The highest BCUT2D eigenvalue weighted by atomic mass is 16.5. The number of esters is 1. The van der Waals surface area contributed by atoms with E-state index in [2.05, 4.69) is 4.74 Å². The number of ether oxygens (including phenoxy) is 1. The SMILES string of the molecule is COC(=O)[C@@H](O)Cc1cccc2ccccc12. The number of aliphatic hydroxyl groups excluding tert-OH is 1. The van der Waals surface area contributed by atoms with Crippen LogP contribution in [0.3, 0.4) is 0 Å². The van der Waals surface area contributed by atoms with Crippen LogP contribution >= 0.6 is 0 Å². The average Bonchev–Trinajstić information content (AvgIpc) is 2.38. The predicted molar refractivity (Wildman–Crippen MR) is 65.7 cm³/mol. The zero-order valence-electron chi connectivity index (χ0n) is 9.59. The Morgan fingerprint density at radius 2 is 1.94 bits per heavy atom. The highest BCUT2D eigenvalue weighted by molar-refractivity contribution is 5.86. The van der Waals surface area contributed by atoms with Gasteiger partial charge in [0.15, 0.2) is 6.10 Å². The van der Waals surface area contributed by atoms with Crippen molar-refractivity contribution in [2.75, 3.05) is 7.11 Å². The number of benzene rings is 2. The van der Waals surface area contributed by atoms with Gasteiger partial charge in [-0.3, -0.25) is 0 Å². The number of hydrogen-bond donors (Lipinski definition) is 1. The number of methoxy groups -OCH3 is 1. The van der Waals surface area contributed by atoms with Crippen LogP contribution in [0.15, 0.2) is 42.5 Å². The van der Waals surface area contributed by atoms with Crippen molar-refractivity contribution in [2.45, 2.75) is 12.5 Å². The Hall–Kier alpha value is -1.87. The van der Waals surface area contributed by atoms with Crippen molar-refractivity contribution in [1.29, 1.82) is 0 Å². The summed E-state index contributed by atoms with van der Waals surface area (Å²) in [6, 6.07) is 13.7. The van der Waals surface area contributed by atoms with Crippen molar-refractivity contribution in [2.24, 2.45) is 0 Å². The van der Waals surface area contributed by atoms with Gasteiger partial charge < -0.3 is 9.84 Å². The van der Waals surface area contributed by atoms with Gasteiger partial charge >= 0.3 is 5.97 Å². The van der Waals surface area contributed by atoms with E-state index in [1.54, 1.807) is 0 Å². The van der Waals surface area contributed by atoms with Crippen LogP contribution in [0.2, 0.25) is 0 Å². The monoisotopic (exact) mass is 230 g/mol. The number of carbonyl (C=O) groups excluding carboxylic acids is 1. The standard InChI is InChI=1S/C14H14O3/c1-17-14(16)13(15)9-11-7-4-6-10-5-2-3-8-12(10)11/h2-8,13,15H,9H2,1H3/t13-/m0/s1. The van der Waals surface area contributed by atoms with Crippen LogP contribution in [-0.2, 0) is 16.0 Å². The fourth-order valence-corrected chi connectivity index (χ4v) is 1.90. The van der Waals surface area contributed by atoms with Crippen molar-refractivity contribution in [3.63, 3.8) is 0 Å². The third kappa shape index (κ3) is 2.45. The summed E-state index contributed by atoms with van der Waals surface area (Å²) in [5, 5.41) is 11.8. The summed E-state index contributed by atoms with van der Waals surface area (Å²) >= 11 is 0. The number of fused-ring (bicyclic) bond motifs is 1. The Balaban J connectivity index is 2.33. The lowest BCUT2D eigenvalue weighted by molar-refractivity contribution is -0.150. The molecule has 0 saturated carbocycles. The number of aliphatic hydroxyl groups is 1. The predicted octanol–water partition coefficient (Wildman–Crippen LogP) is 1.92. The van der Waals surface area contributed by atoms with E-state index in [1.165, 1.54) is 7.11 Å². The molecule has 2 aromatic carbocycles. The second-order valence-electron chi connectivity index (χ2n) is 3.88.